The van der Waals surface area contributed by atoms with Gasteiger partial charge in [0.05, 0.1) is 11.9 Å². The first kappa shape index (κ1) is 8.39. The van der Waals surface area contributed by atoms with Crippen LogP contribution in [0.4, 0.5) is 10.1 Å². The molecule has 0 aliphatic rings. The van der Waals surface area contributed by atoms with Crippen LogP contribution in [0.25, 0.3) is 0 Å². The highest BCUT2D eigenvalue weighted by Gasteiger charge is 1.90. The Hall–Kier alpha value is -1.71. The van der Waals surface area contributed by atoms with Crippen LogP contribution in [0.1, 0.15) is 0 Å². The second kappa shape index (κ2) is 4.23. The number of anilines is 1. The van der Waals surface area contributed by atoms with Crippen molar-refractivity contribution >= 4 is 18.2 Å². The SMILES string of the molecule is O=CC=NNc1cccc(F)c1. The van der Waals surface area contributed by atoms with E-state index in [1.54, 1.807) is 12.1 Å². The number of nitrogens with zero attached hydrogens (tertiary/aromatic N) is 1. The molecule has 0 fully saturated rings. The van der Waals surface area contributed by atoms with Crippen LogP contribution in [0.3, 0.4) is 0 Å². The third-order valence-electron chi connectivity index (χ3n) is 1.15. The number of halogens is 1. The van der Waals surface area contributed by atoms with E-state index >= 15 is 0 Å². The van der Waals surface area contributed by atoms with E-state index in [0.29, 0.717) is 12.0 Å². The minimum absolute atomic E-state index is 0.346. The highest BCUT2D eigenvalue weighted by atomic mass is 19.1. The Morgan fingerprint density at radius 2 is 2.33 bits per heavy atom. The average molecular weight is 166 g/mol. The maximum Gasteiger partial charge on any atom is 0.162 e. The molecule has 62 valence electrons. The predicted octanol–water partition coefficient (Wildman–Crippen LogP) is 1.42. The fraction of sp³-hybridized carbons (Fsp3) is 0. The zero-order valence-electron chi connectivity index (χ0n) is 6.20. The van der Waals surface area contributed by atoms with Crippen LogP contribution in [0.5, 0.6) is 0 Å². The number of carbonyl (C=O) groups excluding carboxylic acids is 1. The second-order valence-electron chi connectivity index (χ2n) is 2.04. The van der Waals surface area contributed by atoms with Gasteiger partial charge >= 0.3 is 0 Å². The van der Waals surface area contributed by atoms with Gasteiger partial charge in [-0.05, 0) is 18.2 Å². The fourth-order valence-electron chi connectivity index (χ4n) is 0.700. The Morgan fingerprint density at radius 3 is 3.00 bits per heavy atom. The number of aldehydes is 1. The lowest BCUT2D eigenvalue weighted by Gasteiger charge is -1.97. The number of hydrogen-bond donors (Lipinski definition) is 1. The summed E-state index contributed by atoms with van der Waals surface area (Å²) in [4.78, 5) is 9.80. The first-order valence-corrected chi connectivity index (χ1v) is 3.31. The van der Waals surface area contributed by atoms with Crippen LogP contribution in [0.2, 0.25) is 0 Å². The molecule has 3 nitrogen and oxygen atoms in total. The van der Waals surface area contributed by atoms with Crippen molar-refractivity contribution in [2.45, 2.75) is 0 Å². The van der Waals surface area contributed by atoms with Gasteiger partial charge in [0, 0.05) is 0 Å². The predicted molar refractivity (Wildman–Crippen MR) is 44.6 cm³/mol. The van der Waals surface area contributed by atoms with Crippen molar-refractivity contribution in [3.05, 3.63) is 30.1 Å². The van der Waals surface area contributed by atoms with E-state index < -0.39 is 0 Å². The molecule has 0 bridgehead atoms. The minimum Gasteiger partial charge on any atom is -0.297 e. The Kier molecular flexibility index (Phi) is 2.95. The number of nitrogens with one attached hydrogen (secondary N) is 1. The van der Waals surface area contributed by atoms with E-state index in [9.17, 15) is 9.18 Å². The van der Waals surface area contributed by atoms with Gasteiger partial charge in [-0.2, -0.15) is 5.10 Å². The van der Waals surface area contributed by atoms with Gasteiger partial charge in [-0.1, -0.05) is 6.07 Å². The summed E-state index contributed by atoms with van der Waals surface area (Å²) in [6.45, 7) is 0. The summed E-state index contributed by atoms with van der Waals surface area (Å²) in [5.74, 6) is -0.346. The molecule has 0 saturated carbocycles. The largest absolute Gasteiger partial charge is 0.297 e. The molecule has 1 aromatic rings. The molecule has 1 rings (SSSR count). The summed E-state index contributed by atoms with van der Waals surface area (Å²) in [6.07, 6.45) is 1.58. The van der Waals surface area contributed by atoms with Gasteiger partial charge in [-0.3, -0.25) is 10.2 Å². The number of carbonyl (C=O) groups is 1. The lowest BCUT2D eigenvalue weighted by atomic mass is 10.3. The second-order valence-corrected chi connectivity index (χ2v) is 2.04. The number of benzene rings is 1. The van der Waals surface area contributed by atoms with Gasteiger partial charge in [0.15, 0.2) is 6.29 Å². The third-order valence-corrected chi connectivity index (χ3v) is 1.15. The zero-order valence-corrected chi connectivity index (χ0v) is 6.20. The maximum absolute atomic E-state index is 12.5. The zero-order chi connectivity index (χ0) is 8.81. The normalized spacial score (nSPS) is 10.1. The van der Waals surface area contributed by atoms with Crippen molar-refractivity contribution in [3.8, 4) is 0 Å². The Balaban J connectivity index is 2.63. The topological polar surface area (TPSA) is 41.5 Å². The molecule has 0 aliphatic carbocycles. The fourth-order valence-corrected chi connectivity index (χ4v) is 0.700. The highest BCUT2D eigenvalue weighted by Crippen LogP contribution is 2.08. The molecule has 1 N–H and O–H groups in total. The smallest absolute Gasteiger partial charge is 0.162 e. The summed E-state index contributed by atoms with van der Waals surface area (Å²) in [6, 6.07) is 5.80. The van der Waals surface area contributed by atoms with E-state index in [0.717, 1.165) is 6.21 Å². The molecule has 0 aliphatic heterocycles. The lowest BCUT2D eigenvalue weighted by Crippen LogP contribution is -1.89. The van der Waals surface area contributed by atoms with Crippen molar-refractivity contribution in [2.75, 3.05) is 5.43 Å². The Bertz CT molecular complexity index is 299. The lowest BCUT2D eigenvalue weighted by molar-refractivity contribution is -0.102. The van der Waals surface area contributed by atoms with Crippen molar-refractivity contribution in [1.82, 2.24) is 0 Å². The van der Waals surface area contributed by atoms with Crippen LogP contribution in [0, 0.1) is 5.82 Å². The van der Waals surface area contributed by atoms with E-state index in [1.807, 2.05) is 0 Å². The standard InChI is InChI=1S/C8H7FN2O/c9-7-2-1-3-8(6-7)11-10-4-5-12/h1-6,11H. The van der Waals surface area contributed by atoms with E-state index in [1.165, 1.54) is 12.1 Å². The van der Waals surface area contributed by atoms with Crippen LogP contribution >= 0.6 is 0 Å². The van der Waals surface area contributed by atoms with Crippen LogP contribution in [0.15, 0.2) is 29.4 Å². The van der Waals surface area contributed by atoms with Gasteiger partial charge in [0.25, 0.3) is 0 Å². The number of hydrazone groups is 1. The van der Waals surface area contributed by atoms with Crippen molar-refractivity contribution < 1.29 is 9.18 Å². The molecule has 0 amide bonds. The van der Waals surface area contributed by atoms with Gasteiger partial charge in [-0.25, -0.2) is 4.39 Å². The molecule has 0 saturated heterocycles. The molecule has 12 heavy (non-hydrogen) atoms. The van der Waals surface area contributed by atoms with Gasteiger partial charge in [0.2, 0.25) is 0 Å². The minimum atomic E-state index is -0.346. The van der Waals surface area contributed by atoms with E-state index in [-0.39, 0.29) is 5.82 Å². The Morgan fingerprint density at radius 1 is 1.50 bits per heavy atom. The summed E-state index contributed by atoms with van der Waals surface area (Å²) >= 11 is 0. The number of hydrogen-bond acceptors (Lipinski definition) is 3. The molecule has 0 unspecified atom stereocenters. The summed E-state index contributed by atoms with van der Waals surface area (Å²) in [7, 11) is 0. The first-order valence-electron chi connectivity index (χ1n) is 3.31. The van der Waals surface area contributed by atoms with E-state index in [2.05, 4.69) is 10.5 Å². The molecule has 4 heteroatoms. The van der Waals surface area contributed by atoms with Gasteiger partial charge < -0.3 is 0 Å². The quantitative estimate of drug-likeness (QED) is 0.419. The van der Waals surface area contributed by atoms with Crippen LogP contribution in [-0.2, 0) is 4.79 Å². The summed E-state index contributed by atoms with van der Waals surface area (Å²) in [5.41, 5.74) is 2.99. The van der Waals surface area contributed by atoms with Gasteiger partial charge in [-0.15, -0.1) is 0 Å². The monoisotopic (exact) mass is 166 g/mol. The van der Waals surface area contributed by atoms with Crippen LogP contribution in [-0.4, -0.2) is 12.5 Å². The highest BCUT2D eigenvalue weighted by molar-refractivity contribution is 6.13. The molecular formula is C8H7FN2O. The van der Waals surface area contributed by atoms with Crippen LogP contribution < -0.4 is 5.43 Å². The Labute approximate surface area is 68.9 Å². The molecule has 0 spiro atoms. The van der Waals surface area contributed by atoms with Gasteiger partial charge in [0.1, 0.15) is 5.82 Å². The molecular weight excluding hydrogens is 159 g/mol. The molecule has 0 aromatic heterocycles. The molecule has 0 atom stereocenters. The van der Waals surface area contributed by atoms with Crippen molar-refractivity contribution in [3.63, 3.8) is 0 Å². The van der Waals surface area contributed by atoms with E-state index in [4.69, 9.17) is 0 Å². The summed E-state index contributed by atoms with van der Waals surface area (Å²) < 4.78 is 12.5. The molecule has 0 heterocycles. The third kappa shape index (κ3) is 2.49. The molecule has 1 aromatic carbocycles. The first-order chi connectivity index (χ1) is 5.83. The van der Waals surface area contributed by atoms with Crippen molar-refractivity contribution in [2.24, 2.45) is 5.10 Å². The van der Waals surface area contributed by atoms with Crippen molar-refractivity contribution in [1.29, 1.82) is 0 Å². The summed E-state index contributed by atoms with van der Waals surface area (Å²) in [5, 5.41) is 3.49. The molecule has 0 radical (unpaired) electrons. The maximum atomic E-state index is 12.5. The number of rotatable bonds is 3. The average Bonchev–Trinajstić information content (AvgIpc) is 2.05.